The predicted molar refractivity (Wildman–Crippen MR) is 52.1 cm³/mol. The summed E-state index contributed by atoms with van der Waals surface area (Å²) in [5, 5.41) is 8.42. The van der Waals surface area contributed by atoms with Gasteiger partial charge in [0, 0.05) is 25.5 Å². The van der Waals surface area contributed by atoms with Crippen molar-refractivity contribution < 1.29 is 13.9 Å². The fraction of sp³-hybridized carbons (Fsp3) is 1.00. The number of hydrogen-bond acceptors (Lipinski definition) is 3. The van der Waals surface area contributed by atoms with E-state index in [1.165, 1.54) is 0 Å². The molecule has 0 bridgehead atoms. The van der Waals surface area contributed by atoms with E-state index in [2.05, 4.69) is 0 Å². The Hall–Kier alpha value is -0.260. The van der Waals surface area contributed by atoms with Crippen molar-refractivity contribution >= 4 is 0 Å². The highest BCUT2D eigenvalue weighted by Crippen LogP contribution is 2.26. The molecule has 0 amide bonds. The lowest BCUT2D eigenvalue weighted by Gasteiger charge is -2.20. The normalized spacial score (nSPS) is 14.4. The largest absolute Gasteiger partial charge is 0.396 e. The van der Waals surface area contributed by atoms with E-state index in [1.54, 1.807) is 0 Å². The summed E-state index contributed by atoms with van der Waals surface area (Å²) in [5.41, 5.74) is 10.8. The van der Waals surface area contributed by atoms with E-state index >= 15 is 0 Å². The second kappa shape index (κ2) is 7.09. The van der Waals surface area contributed by atoms with Gasteiger partial charge < -0.3 is 16.6 Å². The summed E-state index contributed by atoms with van der Waals surface area (Å²) >= 11 is 0. The first-order valence-electron chi connectivity index (χ1n) is 4.96. The van der Waals surface area contributed by atoms with Crippen LogP contribution in [0.15, 0.2) is 0 Å². The average molecular weight is 210 g/mol. The van der Waals surface area contributed by atoms with Crippen LogP contribution in [0.2, 0.25) is 0 Å². The van der Waals surface area contributed by atoms with Crippen molar-refractivity contribution in [3.05, 3.63) is 0 Å². The van der Waals surface area contributed by atoms with Crippen LogP contribution < -0.4 is 11.5 Å². The summed E-state index contributed by atoms with van der Waals surface area (Å²) in [7, 11) is 0. The van der Waals surface area contributed by atoms with Gasteiger partial charge in [0.2, 0.25) is 5.92 Å². The molecule has 1 unspecified atom stereocenters. The Morgan fingerprint density at radius 2 is 1.93 bits per heavy atom. The van der Waals surface area contributed by atoms with Crippen LogP contribution in [0.25, 0.3) is 0 Å². The summed E-state index contributed by atoms with van der Waals surface area (Å²) in [4.78, 5) is 0. The molecule has 0 radical (unpaired) electrons. The SMILES string of the molecule is NCCCC(N)CC(F)(F)CCCO. The Bertz CT molecular complexity index is 145. The van der Waals surface area contributed by atoms with Crippen LogP contribution >= 0.6 is 0 Å². The van der Waals surface area contributed by atoms with E-state index in [9.17, 15) is 8.78 Å². The van der Waals surface area contributed by atoms with Gasteiger partial charge in [0.15, 0.2) is 0 Å². The van der Waals surface area contributed by atoms with Crippen molar-refractivity contribution in [2.75, 3.05) is 13.2 Å². The summed E-state index contributed by atoms with van der Waals surface area (Å²) < 4.78 is 26.1. The molecule has 0 aliphatic heterocycles. The maximum absolute atomic E-state index is 13.1. The van der Waals surface area contributed by atoms with Crippen LogP contribution in [0.5, 0.6) is 0 Å². The van der Waals surface area contributed by atoms with Gasteiger partial charge in [0.25, 0.3) is 0 Å². The monoisotopic (exact) mass is 210 g/mol. The molecule has 5 heteroatoms. The minimum Gasteiger partial charge on any atom is -0.396 e. The smallest absolute Gasteiger partial charge is 0.249 e. The van der Waals surface area contributed by atoms with Crippen LogP contribution in [0.1, 0.15) is 32.1 Å². The van der Waals surface area contributed by atoms with Gasteiger partial charge in [-0.1, -0.05) is 0 Å². The molecule has 0 rings (SSSR count). The highest BCUT2D eigenvalue weighted by atomic mass is 19.3. The zero-order chi connectivity index (χ0) is 11.0. The van der Waals surface area contributed by atoms with E-state index in [1.807, 2.05) is 0 Å². The maximum atomic E-state index is 13.1. The molecule has 14 heavy (non-hydrogen) atoms. The third-order valence-electron chi connectivity index (χ3n) is 2.04. The van der Waals surface area contributed by atoms with Gasteiger partial charge in [-0.2, -0.15) is 0 Å². The molecule has 0 aliphatic carbocycles. The van der Waals surface area contributed by atoms with Crippen molar-refractivity contribution in [1.82, 2.24) is 0 Å². The van der Waals surface area contributed by atoms with Gasteiger partial charge in [-0.25, -0.2) is 8.78 Å². The van der Waals surface area contributed by atoms with Crippen molar-refractivity contribution in [2.24, 2.45) is 11.5 Å². The molecule has 0 spiro atoms. The van der Waals surface area contributed by atoms with Crippen LogP contribution in [-0.4, -0.2) is 30.2 Å². The van der Waals surface area contributed by atoms with E-state index in [0.717, 1.165) is 0 Å². The maximum Gasteiger partial charge on any atom is 0.249 e. The van der Waals surface area contributed by atoms with Crippen LogP contribution in [0.4, 0.5) is 8.78 Å². The zero-order valence-electron chi connectivity index (χ0n) is 8.38. The summed E-state index contributed by atoms with van der Waals surface area (Å²) in [6, 6.07) is -0.493. The molecule has 0 aliphatic rings. The Morgan fingerprint density at radius 1 is 1.29 bits per heavy atom. The Morgan fingerprint density at radius 3 is 2.43 bits per heavy atom. The van der Waals surface area contributed by atoms with Gasteiger partial charge >= 0.3 is 0 Å². The number of aliphatic hydroxyl groups excluding tert-OH is 1. The molecular weight excluding hydrogens is 190 g/mol. The summed E-state index contributed by atoms with van der Waals surface area (Å²) in [6.45, 7) is 0.281. The third-order valence-corrected chi connectivity index (χ3v) is 2.04. The van der Waals surface area contributed by atoms with E-state index in [-0.39, 0.29) is 25.9 Å². The fourth-order valence-electron chi connectivity index (χ4n) is 1.31. The molecule has 0 heterocycles. The number of halogens is 2. The highest BCUT2D eigenvalue weighted by Gasteiger charge is 2.30. The quantitative estimate of drug-likeness (QED) is 0.556. The van der Waals surface area contributed by atoms with Gasteiger partial charge in [0.1, 0.15) is 0 Å². The van der Waals surface area contributed by atoms with Gasteiger partial charge in [-0.05, 0) is 25.8 Å². The second-order valence-electron chi connectivity index (χ2n) is 3.58. The first kappa shape index (κ1) is 13.7. The van der Waals surface area contributed by atoms with Gasteiger partial charge in [-0.3, -0.25) is 0 Å². The lowest BCUT2D eigenvalue weighted by Crippen LogP contribution is -2.31. The van der Waals surface area contributed by atoms with E-state index < -0.39 is 12.0 Å². The first-order valence-corrected chi connectivity index (χ1v) is 4.96. The molecule has 0 fully saturated rings. The molecule has 0 saturated carbocycles. The number of alkyl halides is 2. The Balaban J connectivity index is 3.70. The molecule has 3 nitrogen and oxygen atoms in total. The Kier molecular flexibility index (Phi) is 6.96. The van der Waals surface area contributed by atoms with E-state index in [4.69, 9.17) is 16.6 Å². The summed E-state index contributed by atoms with van der Waals surface area (Å²) in [6.07, 6.45) is 0.728. The molecule has 1 atom stereocenters. The number of nitrogens with two attached hydrogens (primary N) is 2. The zero-order valence-corrected chi connectivity index (χ0v) is 8.38. The lowest BCUT2D eigenvalue weighted by molar-refractivity contribution is -0.0275. The molecule has 5 N–H and O–H groups in total. The molecule has 0 saturated heterocycles. The molecular formula is C9H20F2N2O. The van der Waals surface area contributed by atoms with Crippen LogP contribution in [0, 0.1) is 0 Å². The van der Waals surface area contributed by atoms with Crippen LogP contribution in [0.3, 0.4) is 0 Å². The van der Waals surface area contributed by atoms with Gasteiger partial charge in [-0.15, -0.1) is 0 Å². The molecule has 0 aromatic rings. The Labute approximate surface area is 83.5 Å². The number of hydrogen-bond donors (Lipinski definition) is 3. The summed E-state index contributed by atoms with van der Waals surface area (Å²) in [5.74, 6) is -2.75. The minimum atomic E-state index is -2.75. The van der Waals surface area contributed by atoms with Crippen molar-refractivity contribution in [2.45, 2.75) is 44.1 Å². The second-order valence-corrected chi connectivity index (χ2v) is 3.58. The average Bonchev–Trinajstić information content (AvgIpc) is 2.11. The number of rotatable bonds is 8. The van der Waals surface area contributed by atoms with Gasteiger partial charge in [0.05, 0.1) is 0 Å². The van der Waals surface area contributed by atoms with E-state index in [0.29, 0.717) is 19.4 Å². The standard InChI is InChI=1S/C9H20F2N2O/c10-9(11,4-2-6-14)7-8(13)3-1-5-12/h8,14H,1-7,12-13H2. The topological polar surface area (TPSA) is 72.3 Å². The fourth-order valence-corrected chi connectivity index (χ4v) is 1.31. The van der Waals surface area contributed by atoms with Crippen molar-refractivity contribution in [1.29, 1.82) is 0 Å². The lowest BCUT2D eigenvalue weighted by atomic mass is 10.0. The number of aliphatic hydroxyl groups is 1. The molecule has 0 aromatic carbocycles. The highest BCUT2D eigenvalue weighted by molar-refractivity contribution is 4.74. The molecule has 86 valence electrons. The molecule has 0 aromatic heterocycles. The predicted octanol–water partition coefficient (Wildman–Crippen LogP) is 0.851. The first-order chi connectivity index (χ1) is 6.52. The third kappa shape index (κ3) is 7.17. The minimum absolute atomic E-state index is 0.122. The van der Waals surface area contributed by atoms with Crippen LogP contribution in [-0.2, 0) is 0 Å². The van der Waals surface area contributed by atoms with Crippen molar-refractivity contribution in [3.63, 3.8) is 0 Å². The van der Waals surface area contributed by atoms with Crippen molar-refractivity contribution in [3.8, 4) is 0 Å².